The molecule has 0 saturated carbocycles. The number of ether oxygens (including phenoxy) is 2. The van der Waals surface area contributed by atoms with Crippen molar-refractivity contribution >= 4 is 0 Å². The van der Waals surface area contributed by atoms with Gasteiger partial charge in [0.2, 0.25) is 0 Å². The molecule has 0 radical (unpaired) electrons. The van der Waals surface area contributed by atoms with E-state index in [-0.39, 0.29) is 0 Å². The molecule has 0 amide bonds. The Hall–Kier alpha value is -1.26. The van der Waals surface area contributed by atoms with Gasteiger partial charge < -0.3 is 20.5 Å². The van der Waals surface area contributed by atoms with Gasteiger partial charge in [0, 0.05) is 25.7 Å². The summed E-state index contributed by atoms with van der Waals surface area (Å²) in [5.41, 5.74) is 6.88. The molecule has 0 spiro atoms. The van der Waals surface area contributed by atoms with Crippen molar-refractivity contribution in [2.75, 3.05) is 26.3 Å². The topological polar surface area (TPSA) is 56.5 Å². The summed E-state index contributed by atoms with van der Waals surface area (Å²) < 4.78 is 12.4. The lowest BCUT2D eigenvalue weighted by Gasteiger charge is -2.13. The zero-order chi connectivity index (χ0) is 30.9. The van der Waals surface area contributed by atoms with E-state index in [0.717, 1.165) is 50.6 Å². The molecule has 0 aliphatic heterocycles. The molecule has 252 valence electrons. The number of nitrogens with two attached hydrogens (primary N) is 1. The highest BCUT2D eigenvalue weighted by atomic mass is 16.5. The largest absolute Gasteiger partial charge is 0.493 e. The highest BCUT2D eigenvalue weighted by molar-refractivity contribution is 5.38. The van der Waals surface area contributed by atoms with Crippen molar-refractivity contribution < 1.29 is 9.47 Å². The van der Waals surface area contributed by atoms with E-state index >= 15 is 0 Å². The number of hydrogen-bond acceptors (Lipinski definition) is 4. The van der Waals surface area contributed by atoms with Crippen LogP contribution in [0.4, 0.5) is 0 Å². The normalized spacial score (nSPS) is 11.3. The molecule has 1 rings (SSSR count). The van der Waals surface area contributed by atoms with Crippen LogP contribution in [0, 0.1) is 0 Å². The van der Waals surface area contributed by atoms with Gasteiger partial charge in [0.05, 0.1) is 13.2 Å². The third-order valence-corrected chi connectivity index (χ3v) is 8.62. The van der Waals surface area contributed by atoms with E-state index in [2.05, 4.69) is 37.4 Å². The van der Waals surface area contributed by atoms with Crippen molar-refractivity contribution in [1.29, 1.82) is 0 Å². The fraction of sp³-hybridized carbons (Fsp3) is 0.846. The van der Waals surface area contributed by atoms with Gasteiger partial charge in [-0.1, -0.05) is 168 Å². The van der Waals surface area contributed by atoms with E-state index in [1.165, 1.54) is 160 Å². The first kappa shape index (κ1) is 39.8. The highest BCUT2D eigenvalue weighted by Crippen LogP contribution is 2.24. The molecule has 3 N–H and O–H groups in total. The quantitative estimate of drug-likeness (QED) is 0.0770. The summed E-state index contributed by atoms with van der Waals surface area (Å²) in [6.45, 7) is 8.42. The van der Waals surface area contributed by atoms with Crippen LogP contribution in [0.15, 0.2) is 18.2 Å². The predicted molar refractivity (Wildman–Crippen MR) is 190 cm³/mol. The van der Waals surface area contributed by atoms with Crippen LogP contribution >= 0.6 is 0 Å². The van der Waals surface area contributed by atoms with Crippen LogP contribution in [0.3, 0.4) is 0 Å². The van der Waals surface area contributed by atoms with Gasteiger partial charge in [-0.15, -0.1) is 0 Å². The fourth-order valence-electron chi connectivity index (χ4n) is 5.85. The average molecular weight is 603 g/mol. The molecule has 1 aromatic carbocycles. The highest BCUT2D eigenvalue weighted by Gasteiger charge is 2.05. The van der Waals surface area contributed by atoms with Gasteiger partial charge in [-0.2, -0.15) is 0 Å². The molecular formula is C39H74N2O2. The minimum absolute atomic E-state index is 0.650. The Morgan fingerprint density at radius 2 is 0.791 bits per heavy atom. The molecule has 0 aliphatic carbocycles. The number of nitrogens with one attached hydrogen (secondary N) is 1. The molecule has 0 bridgehead atoms. The summed E-state index contributed by atoms with van der Waals surface area (Å²) in [5, 5.41) is 3.41. The van der Waals surface area contributed by atoms with Crippen LogP contribution in [0.25, 0.3) is 0 Å². The molecule has 0 aliphatic rings. The molecule has 0 aromatic heterocycles. The number of rotatable bonds is 34. The monoisotopic (exact) mass is 603 g/mol. The lowest BCUT2D eigenvalue weighted by atomic mass is 10.0. The van der Waals surface area contributed by atoms with Crippen LogP contribution in [0.2, 0.25) is 0 Å². The molecule has 0 unspecified atom stereocenters. The van der Waals surface area contributed by atoms with Gasteiger partial charge in [0.25, 0.3) is 0 Å². The summed E-state index contributed by atoms with van der Waals surface area (Å²) in [4.78, 5) is 0. The lowest BCUT2D eigenvalue weighted by molar-refractivity contribution is 0.289. The van der Waals surface area contributed by atoms with E-state index in [1.807, 2.05) is 0 Å². The van der Waals surface area contributed by atoms with E-state index in [1.54, 1.807) is 0 Å². The molecular weight excluding hydrogens is 528 g/mol. The second kappa shape index (κ2) is 32.1. The molecule has 0 fully saturated rings. The van der Waals surface area contributed by atoms with Crippen molar-refractivity contribution in [3.05, 3.63) is 23.8 Å². The third-order valence-electron chi connectivity index (χ3n) is 8.62. The van der Waals surface area contributed by atoms with Crippen molar-refractivity contribution in [2.24, 2.45) is 5.73 Å². The second-order valence-corrected chi connectivity index (χ2v) is 13.0. The predicted octanol–water partition coefficient (Wildman–Crippen LogP) is 11.7. The Morgan fingerprint density at radius 3 is 1.12 bits per heavy atom. The van der Waals surface area contributed by atoms with Gasteiger partial charge in [0.1, 0.15) is 11.5 Å². The zero-order valence-electron chi connectivity index (χ0n) is 29.0. The van der Waals surface area contributed by atoms with Crippen molar-refractivity contribution in [3.63, 3.8) is 0 Å². The molecule has 0 saturated heterocycles. The first-order valence-electron chi connectivity index (χ1n) is 19.1. The number of unbranched alkanes of at least 4 members (excludes halogenated alkanes) is 24. The van der Waals surface area contributed by atoms with Crippen LogP contribution < -0.4 is 20.5 Å². The molecule has 1 aromatic rings. The van der Waals surface area contributed by atoms with E-state index < -0.39 is 0 Å². The molecule has 43 heavy (non-hydrogen) atoms. The molecule has 0 atom stereocenters. The number of benzene rings is 1. The van der Waals surface area contributed by atoms with Crippen LogP contribution in [-0.4, -0.2) is 26.3 Å². The standard InChI is InChI=1S/C39H74N2O2/c1-3-5-7-9-11-13-15-17-19-21-23-25-27-31-42-38-33-37(36-41-30-29-40)34-39(35-38)43-32-28-26-24-22-20-18-16-14-12-10-8-6-4-2/h33-35,41H,3-32,36,40H2,1-2H3. The second-order valence-electron chi connectivity index (χ2n) is 13.0. The Labute approximate surface area is 269 Å². The Balaban J connectivity index is 2.15. The minimum atomic E-state index is 0.650. The van der Waals surface area contributed by atoms with Crippen molar-refractivity contribution in [1.82, 2.24) is 5.32 Å². The van der Waals surface area contributed by atoms with Gasteiger partial charge in [-0.05, 0) is 30.5 Å². The molecule has 4 heteroatoms. The minimum Gasteiger partial charge on any atom is -0.493 e. The van der Waals surface area contributed by atoms with Crippen LogP contribution in [0.5, 0.6) is 11.5 Å². The number of hydrogen-bond donors (Lipinski definition) is 2. The van der Waals surface area contributed by atoms with Gasteiger partial charge in [0.15, 0.2) is 0 Å². The SMILES string of the molecule is CCCCCCCCCCCCCCCOc1cc(CNCCN)cc(OCCCCCCCCCCCCCCC)c1. The third kappa shape index (κ3) is 26.8. The van der Waals surface area contributed by atoms with E-state index in [9.17, 15) is 0 Å². The van der Waals surface area contributed by atoms with E-state index in [4.69, 9.17) is 15.2 Å². The Morgan fingerprint density at radius 1 is 0.465 bits per heavy atom. The smallest absolute Gasteiger partial charge is 0.123 e. The summed E-state index contributed by atoms with van der Waals surface area (Å²) in [6, 6.07) is 6.39. The van der Waals surface area contributed by atoms with Crippen LogP contribution in [0.1, 0.15) is 186 Å². The average Bonchev–Trinajstić information content (AvgIpc) is 3.01. The zero-order valence-corrected chi connectivity index (χ0v) is 29.0. The summed E-state index contributed by atoms with van der Waals surface area (Å²) in [7, 11) is 0. The first-order valence-corrected chi connectivity index (χ1v) is 19.1. The molecule has 0 heterocycles. The van der Waals surface area contributed by atoms with Gasteiger partial charge in [-0.3, -0.25) is 0 Å². The Bertz CT molecular complexity index is 646. The van der Waals surface area contributed by atoms with Gasteiger partial charge in [-0.25, -0.2) is 0 Å². The van der Waals surface area contributed by atoms with Crippen molar-refractivity contribution in [2.45, 2.75) is 187 Å². The maximum Gasteiger partial charge on any atom is 0.123 e. The summed E-state index contributed by atoms with van der Waals surface area (Å²) in [5.74, 6) is 1.87. The first-order chi connectivity index (χ1) is 21.3. The van der Waals surface area contributed by atoms with Crippen molar-refractivity contribution in [3.8, 4) is 11.5 Å². The summed E-state index contributed by atoms with van der Waals surface area (Å²) in [6.07, 6.45) is 35.7. The fourth-order valence-corrected chi connectivity index (χ4v) is 5.85. The van der Waals surface area contributed by atoms with E-state index in [0.29, 0.717) is 6.54 Å². The summed E-state index contributed by atoms with van der Waals surface area (Å²) >= 11 is 0. The maximum absolute atomic E-state index is 6.19. The Kier molecular flexibility index (Phi) is 29.7. The van der Waals surface area contributed by atoms with Gasteiger partial charge >= 0.3 is 0 Å². The van der Waals surface area contributed by atoms with Crippen LogP contribution in [-0.2, 0) is 6.54 Å². The molecule has 4 nitrogen and oxygen atoms in total. The lowest BCUT2D eigenvalue weighted by Crippen LogP contribution is -2.21. The maximum atomic E-state index is 6.19.